The SMILES string of the molecule is COC(=O)c1nc2cccc(Cl)c2c(Br)c1C(C)C. The van der Waals surface area contributed by atoms with Crippen LogP contribution >= 0.6 is 27.5 Å². The van der Waals surface area contributed by atoms with Gasteiger partial charge in [0, 0.05) is 15.4 Å². The molecule has 2 rings (SSSR count). The Morgan fingerprint density at radius 1 is 1.42 bits per heavy atom. The van der Waals surface area contributed by atoms with Crippen LogP contribution in [0.15, 0.2) is 22.7 Å². The number of pyridine rings is 1. The predicted octanol–water partition coefficient (Wildman–Crippen LogP) is 4.56. The number of carbonyl (C=O) groups is 1. The molecule has 1 aromatic heterocycles. The van der Waals surface area contributed by atoms with Gasteiger partial charge in [0.1, 0.15) is 0 Å². The fourth-order valence-electron chi connectivity index (χ4n) is 2.02. The van der Waals surface area contributed by atoms with E-state index in [1.165, 1.54) is 7.11 Å². The molecule has 0 spiro atoms. The molecule has 0 bridgehead atoms. The van der Waals surface area contributed by atoms with Crippen molar-refractivity contribution in [2.45, 2.75) is 19.8 Å². The van der Waals surface area contributed by atoms with Gasteiger partial charge in [0.15, 0.2) is 5.69 Å². The molecule has 19 heavy (non-hydrogen) atoms. The molecule has 3 nitrogen and oxygen atoms in total. The number of hydrogen-bond acceptors (Lipinski definition) is 3. The molecule has 0 aliphatic heterocycles. The van der Waals surface area contributed by atoms with E-state index in [0.29, 0.717) is 16.2 Å². The van der Waals surface area contributed by atoms with Crippen LogP contribution in [0.25, 0.3) is 10.9 Å². The fourth-order valence-corrected chi connectivity index (χ4v) is 3.46. The molecule has 0 radical (unpaired) electrons. The van der Waals surface area contributed by atoms with Crippen molar-refractivity contribution < 1.29 is 9.53 Å². The highest BCUT2D eigenvalue weighted by Gasteiger charge is 2.22. The van der Waals surface area contributed by atoms with E-state index in [1.54, 1.807) is 12.1 Å². The topological polar surface area (TPSA) is 39.2 Å². The lowest BCUT2D eigenvalue weighted by Gasteiger charge is -2.15. The van der Waals surface area contributed by atoms with Crippen LogP contribution in [0.2, 0.25) is 5.02 Å². The van der Waals surface area contributed by atoms with E-state index in [9.17, 15) is 4.79 Å². The van der Waals surface area contributed by atoms with Crippen molar-refractivity contribution in [3.8, 4) is 0 Å². The van der Waals surface area contributed by atoms with Crippen LogP contribution < -0.4 is 0 Å². The normalized spacial score (nSPS) is 11.1. The van der Waals surface area contributed by atoms with E-state index < -0.39 is 5.97 Å². The molecular formula is C14H13BrClNO2. The van der Waals surface area contributed by atoms with Gasteiger partial charge in [-0.2, -0.15) is 0 Å². The van der Waals surface area contributed by atoms with Crippen molar-refractivity contribution in [1.82, 2.24) is 4.98 Å². The van der Waals surface area contributed by atoms with Gasteiger partial charge in [0.05, 0.1) is 17.6 Å². The van der Waals surface area contributed by atoms with Crippen LogP contribution in [0, 0.1) is 0 Å². The van der Waals surface area contributed by atoms with E-state index >= 15 is 0 Å². The third-order valence-corrected chi connectivity index (χ3v) is 4.03. The molecule has 5 heteroatoms. The van der Waals surface area contributed by atoms with Crippen molar-refractivity contribution in [2.24, 2.45) is 0 Å². The number of esters is 1. The van der Waals surface area contributed by atoms with Crippen molar-refractivity contribution >= 4 is 44.4 Å². The summed E-state index contributed by atoms with van der Waals surface area (Å²) in [5.74, 6) is -0.317. The van der Waals surface area contributed by atoms with Gasteiger partial charge in [-0.3, -0.25) is 0 Å². The lowest BCUT2D eigenvalue weighted by atomic mass is 9.99. The first-order valence-corrected chi connectivity index (χ1v) is 7.00. The second-order valence-electron chi connectivity index (χ2n) is 4.47. The maximum Gasteiger partial charge on any atom is 0.357 e. The molecule has 0 fully saturated rings. The first-order valence-electron chi connectivity index (χ1n) is 5.83. The molecular weight excluding hydrogens is 330 g/mol. The third kappa shape index (κ3) is 2.47. The molecule has 0 atom stereocenters. The van der Waals surface area contributed by atoms with Gasteiger partial charge >= 0.3 is 5.97 Å². The number of ether oxygens (including phenoxy) is 1. The second kappa shape index (κ2) is 5.47. The zero-order valence-electron chi connectivity index (χ0n) is 10.8. The average Bonchev–Trinajstić information content (AvgIpc) is 2.36. The van der Waals surface area contributed by atoms with Crippen LogP contribution in [0.1, 0.15) is 35.8 Å². The zero-order chi connectivity index (χ0) is 14.2. The Hall–Kier alpha value is -1.13. The molecule has 0 saturated carbocycles. The maximum absolute atomic E-state index is 11.9. The minimum Gasteiger partial charge on any atom is -0.464 e. The van der Waals surface area contributed by atoms with Crippen LogP contribution in [0.5, 0.6) is 0 Å². The number of hydrogen-bond donors (Lipinski definition) is 0. The number of aromatic nitrogens is 1. The van der Waals surface area contributed by atoms with Crippen LogP contribution in [-0.4, -0.2) is 18.1 Å². The van der Waals surface area contributed by atoms with Crippen LogP contribution in [0.4, 0.5) is 0 Å². The van der Waals surface area contributed by atoms with E-state index in [1.807, 2.05) is 19.9 Å². The largest absolute Gasteiger partial charge is 0.464 e. The van der Waals surface area contributed by atoms with Crippen LogP contribution in [-0.2, 0) is 4.74 Å². The zero-order valence-corrected chi connectivity index (χ0v) is 13.2. The number of fused-ring (bicyclic) bond motifs is 1. The van der Waals surface area contributed by atoms with Crippen molar-refractivity contribution in [3.63, 3.8) is 0 Å². The fraction of sp³-hybridized carbons (Fsp3) is 0.286. The third-order valence-electron chi connectivity index (χ3n) is 2.89. The van der Waals surface area contributed by atoms with Crippen LogP contribution in [0.3, 0.4) is 0 Å². The molecule has 0 aliphatic carbocycles. The first kappa shape index (κ1) is 14.3. The molecule has 100 valence electrons. The Bertz CT molecular complexity index is 655. The summed E-state index contributed by atoms with van der Waals surface area (Å²) >= 11 is 9.77. The quantitative estimate of drug-likeness (QED) is 0.751. The minimum absolute atomic E-state index is 0.122. The molecule has 0 saturated heterocycles. The van der Waals surface area contributed by atoms with E-state index in [-0.39, 0.29) is 5.92 Å². The molecule has 0 unspecified atom stereocenters. The van der Waals surface area contributed by atoms with E-state index in [4.69, 9.17) is 16.3 Å². The number of methoxy groups -OCH3 is 1. The number of rotatable bonds is 2. The molecule has 0 amide bonds. The summed E-state index contributed by atoms with van der Waals surface area (Å²) < 4.78 is 5.61. The smallest absolute Gasteiger partial charge is 0.357 e. The predicted molar refractivity (Wildman–Crippen MR) is 79.9 cm³/mol. The summed E-state index contributed by atoms with van der Waals surface area (Å²) in [7, 11) is 1.35. The van der Waals surface area contributed by atoms with Crippen molar-refractivity contribution in [1.29, 1.82) is 0 Å². The number of carbonyl (C=O) groups excluding carboxylic acids is 1. The molecule has 2 aromatic rings. The first-order chi connectivity index (χ1) is 8.97. The van der Waals surface area contributed by atoms with Crippen molar-refractivity contribution in [3.05, 3.63) is 39.0 Å². The maximum atomic E-state index is 11.9. The molecule has 0 N–H and O–H groups in total. The monoisotopic (exact) mass is 341 g/mol. The molecule has 1 heterocycles. The summed E-state index contributed by atoms with van der Waals surface area (Å²) in [6.07, 6.45) is 0. The Labute approximate surface area is 125 Å². The Morgan fingerprint density at radius 2 is 2.11 bits per heavy atom. The Kier molecular flexibility index (Phi) is 4.11. The highest BCUT2D eigenvalue weighted by Crippen LogP contribution is 2.37. The standard InChI is InChI=1S/C14H13BrClNO2/c1-7(2)10-12(15)11-8(16)5-4-6-9(11)17-13(10)14(18)19-3/h4-7H,1-3H3. The number of halogens is 2. The van der Waals surface area contributed by atoms with Gasteiger partial charge in [-0.15, -0.1) is 0 Å². The highest BCUT2D eigenvalue weighted by atomic mass is 79.9. The highest BCUT2D eigenvalue weighted by molar-refractivity contribution is 9.10. The average molecular weight is 343 g/mol. The summed E-state index contributed by atoms with van der Waals surface area (Å²) in [6, 6.07) is 5.43. The number of benzene rings is 1. The second-order valence-corrected chi connectivity index (χ2v) is 5.67. The van der Waals surface area contributed by atoms with Gasteiger partial charge in [-0.25, -0.2) is 9.78 Å². The van der Waals surface area contributed by atoms with Gasteiger partial charge in [0.2, 0.25) is 0 Å². The van der Waals surface area contributed by atoms with Gasteiger partial charge in [0.25, 0.3) is 0 Å². The van der Waals surface area contributed by atoms with E-state index in [2.05, 4.69) is 20.9 Å². The lowest BCUT2D eigenvalue weighted by Crippen LogP contribution is -2.11. The van der Waals surface area contributed by atoms with Gasteiger partial charge in [-0.05, 0) is 34.0 Å². The Balaban J connectivity index is 2.90. The number of nitrogens with zero attached hydrogens (tertiary/aromatic N) is 1. The lowest BCUT2D eigenvalue weighted by molar-refractivity contribution is 0.0592. The van der Waals surface area contributed by atoms with Crippen molar-refractivity contribution in [2.75, 3.05) is 7.11 Å². The minimum atomic E-state index is -0.439. The molecule has 1 aromatic carbocycles. The molecule has 0 aliphatic rings. The summed E-state index contributed by atoms with van der Waals surface area (Å²) in [5.41, 5.74) is 1.82. The summed E-state index contributed by atoms with van der Waals surface area (Å²) in [6.45, 7) is 3.99. The summed E-state index contributed by atoms with van der Waals surface area (Å²) in [4.78, 5) is 16.3. The Morgan fingerprint density at radius 3 is 2.68 bits per heavy atom. The van der Waals surface area contributed by atoms with Gasteiger partial charge < -0.3 is 4.74 Å². The summed E-state index contributed by atoms with van der Waals surface area (Å²) in [5, 5.41) is 1.43. The van der Waals surface area contributed by atoms with E-state index in [0.717, 1.165) is 15.4 Å². The van der Waals surface area contributed by atoms with Gasteiger partial charge in [-0.1, -0.05) is 31.5 Å².